The fourth-order valence-corrected chi connectivity index (χ4v) is 3.58. The van der Waals surface area contributed by atoms with E-state index in [1.54, 1.807) is 0 Å². The van der Waals surface area contributed by atoms with Gasteiger partial charge in [0.05, 0.1) is 5.56 Å². The standard InChI is InChI=1S/C23H16ClF3N2O2/c24-15-7-9-19(30)17(11-15)20-16-10-14(23(25,26)27)6-8-18(16)29-22(31)21(20)28-12-13-4-2-1-3-5-13/h1-11,28,30H,12H2,(H,29,31). The van der Waals surface area contributed by atoms with Crippen LogP contribution >= 0.6 is 11.6 Å². The van der Waals surface area contributed by atoms with E-state index in [0.717, 1.165) is 17.7 Å². The molecule has 8 heteroatoms. The van der Waals surface area contributed by atoms with Crippen LogP contribution in [0, 0.1) is 0 Å². The lowest BCUT2D eigenvalue weighted by Gasteiger charge is -2.17. The molecule has 0 spiro atoms. The van der Waals surface area contributed by atoms with Crippen molar-refractivity contribution in [2.24, 2.45) is 0 Å². The van der Waals surface area contributed by atoms with Gasteiger partial charge in [0.15, 0.2) is 0 Å². The Labute approximate surface area is 179 Å². The Balaban J connectivity index is 1.99. The zero-order valence-corrected chi connectivity index (χ0v) is 16.7. The van der Waals surface area contributed by atoms with Crippen LogP contribution in [0.3, 0.4) is 0 Å². The Hall–Kier alpha value is -3.45. The maximum atomic E-state index is 13.4. The van der Waals surface area contributed by atoms with Gasteiger partial charge in [0.25, 0.3) is 5.56 Å². The molecule has 0 radical (unpaired) electrons. The molecule has 4 rings (SSSR count). The molecule has 1 heterocycles. The van der Waals surface area contributed by atoms with Crippen LogP contribution < -0.4 is 10.9 Å². The molecule has 3 N–H and O–H groups in total. The highest BCUT2D eigenvalue weighted by Gasteiger charge is 2.31. The highest BCUT2D eigenvalue weighted by molar-refractivity contribution is 6.31. The highest BCUT2D eigenvalue weighted by atomic mass is 35.5. The van der Waals surface area contributed by atoms with Crippen molar-refractivity contribution in [1.82, 2.24) is 4.98 Å². The molecule has 0 unspecified atom stereocenters. The minimum atomic E-state index is -4.57. The summed E-state index contributed by atoms with van der Waals surface area (Å²) in [5.74, 6) is -0.212. The van der Waals surface area contributed by atoms with Crippen molar-refractivity contribution in [3.05, 3.63) is 93.2 Å². The normalized spacial score (nSPS) is 11.6. The molecule has 0 fully saturated rings. The monoisotopic (exact) mass is 444 g/mol. The van der Waals surface area contributed by atoms with E-state index in [4.69, 9.17) is 11.6 Å². The average molecular weight is 445 g/mol. The van der Waals surface area contributed by atoms with E-state index in [2.05, 4.69) is 10.3 Å². The smallest absolute Gasteiger partial charge is 0.416 e. The lowest BCUT2D eigenvalue weighted by Crippen LogP contribution is -2.16. The first-order chi connectivity index (χ1) is 14.7. The molecule has 0 aliphatic heterocycles. The van der Waals surface area contributed by atoms with Crippen LogP contribution in [0.2, 0.25) is 5.02 Å². The predicted molar refractivity (Wildman–Crippen MR) is 115 cm³/mol. The van der Waals surface area contributed by atoms with Gasteiger partial charge in [-0.2, -0.15) is 13.2 Å². The van der Waals surface area contributed by atoms with Crippen LogP contribution in [0.1, 0.15) is 11.1 Å². The number of anilines is 1. The van der Waals surface area contributed by atoms with Gasteiger partial charge in [-0.05, 0) is 42.0 Å². The molecule has 31 heavy (non-hydrogen) atoms. The molecular formula is C23H16ClF3N2O2. The summed E-state index contributed by atoms with van der Waals surface area (Å²) >= 11 is 6.09. The molecule has 4 nitrogen and oxygen atoms in total. The number of benzene rings is 3. The number of aromatic amines is 1. The Morgan fingerprint density at radius 1 is 1.00 bits per heavy atom. The third-order valence-electron chi connectivity index (χ3n) is 4.88. The first kappa shape index (κ1) is 20.8. The Kier molecular flexibility index (Phi) is 5.37. The Morgan fingerprint density at radius 3 is 2.45 bits per heavy atom. The molecule has 158 valence electrons. The van der Waals surface area contributed by atoms with Gasteiger partial charge in [0.1, 0.15) is 11.4 Å². The summed E-state index contributed by atoms with van der Waals surface area (Å²) in [6.45, 7) is 0.253. The first-order valence-electron chi connectivity index (χ1n) is 9.28. The number of hydrogen-bond donors (Lipinski definition) is 3. The lowest BCUT2D eigenvalue weighted by molar-refractivity contribution is -0.137. The summed E-state index contributed by atoms with van der Waals surface area (Å²) in [6.07, 6.45) is -4.57. The molecule has 0 aliphatic carbocycles. The van der Waals surface area contributed by atoms with Crippen LogP contribution in [0.5, 0.6) is 5.75 Å². The van der Waals surface area contributed by atoms with E-state index in [1.807, 2.05) is 30.3 Å². The van der Waals surface area contributed by atoms with Crippen molar-refractivity contribution in [3.8, 4) is 16.9 Å². The number of nitrogens with one attached hydrogen (secondary N) is 2. The van der Waals surface area contributed by atoms with Gasteiger partial charge in [-0.1, -0.05) is 41.9 Å². The zero-order valence-electron chi connectivity index (χ0n) is 15.9. The molecule has 0 amide bonds. The van der Waals surface area contributed by atoms with E-state index in [1.165, 1.54) is 24.3 Å². The van der Waals surface area contributed by atoms with Crippen LogP contribution in [0.4, 0.5) is 18.9 Å². The van der Waals surface area contributed by atoms with E-state index in [-0.39, 0.29) is 45.0 Å². The Morgan fingerprint density at radius 2 is 1.74 bits per heavy atom. The molecule has 3 aromatic carbocycles. The number of fused-ring (bicyclic) bond motifs is 1. The predicted octanol–water partition coefficient (Wildman–Crippen LogP) is 6.19. The van der Waals surface area contributed by atoms with Crippen LogP contribution in [-0.2, 0) is 12.7 Å². The van der Waals surface area contributed by atoms with E-state index >= 15 is 0 Å². The number of phenols is 1. The molecule has 0 saturated carbocycles. The second kappa shape index (κ2) is 8.00. The summed E-state index contributed by atoms with van der Waals surface area (Å²) in [4.78, 5) is 15.5. The number of rotatable bonds is 4. The van der Waals surface area contributed by atoms with Gasteiger partial charge in [-0.15, -0.1) is 0 Å². The number of pyridine rings is 1. The third kappa shape index (κ3) is 4.22. The quantitative estimate of drug-likeness (QED) is 0.352. The van der Waals surface area contributed by atoms with Gasteiger partial charge in [0.2, 0.25) is 0 Å². The summed E-state index contributed by atoms with van der Waals surface area (Å²) in [5.41, 5.74) is -0.00107. The minimum Gasteiger partial charge on any atom is -0.507 e. The highest BCUT2D eigenvalue weighted by Crippen LogP contribution is 2.41. The van der Waals surface area contributed by atoms with Crippen molar-refractivity contribution >= 4 is 28.2 Å². The van der Waals surface area contributed by atoms with Crippen LogP contribution in [0.15, 0.2) is 71.5 Å². The summed E-state index contributed by atoms with van der Waals surface area (Å²) < 4.78 is 40.2. The zero-order chi connectivity index (χ0) is 22.2. The second-order valence-electron chi connectivity index (χ2n) is 6.96. The number of aromatic hydroxyl groups is 1. The topological polar surface area (TPSA) is 65.1 Å². The number of hydrogen-bond acceptors (Lipinski definition) is 3. The van der Waals surface area contributed by atoms with Crippen molar-refractivity contribution in [2.75, 3.05) is 5.32 Å². The van der Waals surface area contributed by atoms with Gasteiger partial charge < -0.3 is 15.4 Å². The minimum absolute atomic E-state index is 0.0354. The fourth-order valence-electron chi connectivity index (χ4n) is 3.41. The maximum absolute atomic E-state index is 13.4. The van der Waals surface area contributed by atoms with Crippen molar-refractivity contribution in [3.63, 3.8) is 0 Å². The van der Waals surface area contributed by atoms with Gasteiger partial charge in [0, 0.05) is 33.6 Å². The lowest BCUT2D eigenvalue weighted by atomic mass is 9.97. The largest absolute Gasteiger partial charge is 0.507 e. The number of alkyl halides is 3. The van der Waals surface area contributed by atoms with Crippen LogP contribution in [-0.4, -0.2) is 10.1 Å². The number of halogens is 4. The van der Waals surface area contributed by atoms with E-state index < -0.39 is 17.3 Å². The number of aromatic nitrogens is 1. The third-order valence-corrected chi connectivity index (χ3v) is 5.12. The van der Waals surface area contributed by atoms with E-state index in [0.29, 0.717) is 0 Å². The molecule has 1 aromatic heterocycles. The second-order valence-corrected chi connectivity index (χ2v) is 7.40. The molecule has 0 atom stereocenters. The number of H-pyrrole nitrogens is 1. The van der Waals surface area contributed by atoms with Crippen LogP contribution in [0.25, 0.3) is 22.0 Å². The van der Waals surface area contributed by atoms with Crippen molar-refractivity contribution in [1.29, 1.82) is 0 Å². The molecule has 4 aromatic rings. The first-order valence-corrected chi connectivity index (χ1v) is 9.66. The maximum Gasteiger partial charge on any atom is 0.416 e. The van der Waals surface area contributed by atoms with E-state index in [9.17, 15) is 23.1 Å². The molecular weight excluding hydrogens is 429 g/mol. The Bertz CT molecular complexity index is 1320. The fraction of sp³-hybridized carbons (Fsp3) is 0.0870. The molecule has 0 saturated heterocycles. The summed E-state index contributed by atoms with van der Waals surface area (Å²) in [5, 5.41) is 13.9. The van der Waals surface area contributed by atoms with Gasteiger partial charge in [-0.25, -0.2) is 0 Å². The summed E-state index contributed by atoms with van der Waals surface area (Å²) in [7, 11) is 0. The van der Waals surface area contributed by atoms with Gasteiger partial charge >= 0.3 is 6.18 Å². The average Bonchev–Trinajstić information content (AvgIpc) is 2.73. The number of phenolic OH excluding ortho intramolecular Hbond substituents is 1. The molecule has 0 bridgehead atoms. The van der Waals surface area contributed by atoms with Crippen molar-refractivity contribution in [2.45, 2.75) is 12.7 Å². The summed E-state index contributed by atoms with van der Waals surface area (Å²) in [6, 6.07) is 16.5. The SMILES string of the molecule is O=c1[nH]c2ccc(C(F)(F)F)cc2c(-c2cc(Cl)ccc2O)c1NCc1ccccc1. The molecule has 0 aliphatic rings. The van der Waals surface area contributed by atoms with Gasteiger partial charge in [-0.3, -0.25) is 4.79 Å². The van der Waals surface area contributed by atoms with Crippen molar-refractivity contribution < 1.29 is 18.3 Å².